The molecule has 0 fully saturated rings. The first-order valence-corrected chi connectivity index (χ1v) is 10.4. The number of imidazole rings is 1. The second-order valence-corrected chi connectivity index (χ2v) is 7.98. The molecule has 0 spiro atoms. The van der Waals surface area contributed by atoms with Crippen molar-refractivity contribution >= 4 is 46.6 Å². The van der Waals surface area contributed by atoms with Crippen LogP contribution < -0.4 is 5.32 Å². The van der Waals surface area contributed by atoms with Crippen LogP contribution in [-0.2, 0) is 0 Å². The lowest BCUT2D eigenvalue weighted by molar-refractivity contribution is 1.04. The van der Waals surface area contributed by atoms with Crippen LogP contribution in [-0.4, -0.2) is 31.7 Å². The van der Waals surface area contributed by atoms with E-state index in [9.17, 15) is 0 Å². The van der Waals surface area contributed by atoms with Crippen LogP contribution in [0, 0.1) is 11.3 Å². The van der Waals surface area contributed by atoms with E-state index in [2.05, 4.69) is 21.4 Å². The molecule has 0 radical (unpaired) electrons. The van der Waals surface area contributed by atoms with Crippen LogP contribution in [0.25, 0.3) is 16.9 Å². The summed E-state index contributed by atoms with van der Waals surface area (Å²) in [4.78, 5) is 13.4. The van der Waals surface area contributed by atoms with Crippen LogP contribution in [0.1, 0.15) is 5.56 Å². The molecule has 0 unspecified atom stereocenters. The number of fused-ring (bicyclic) bond motifs is 1. The van der Waals surface area contributed by atoms with Gasteiger partial charge in [-0.15, -0.1) is 11.8 Å². The summed E-state index contributed by atoms with van der Waals surface area (Å²) in [6, 6.07) is 12.9. The van der Waals surface area contributed by atoms with Crippen LogP contribution in [0.3, 0.4) is 0 Å². The Morgan fingerprint density at radius 1 is 1.14 bits per heavy atom. The Morgan fingerprint density at radius 3 is 2.79 bits per heavy atom. The second kappa shape index (κ2) is 8.70. The summed E-state index contributed by atoms with van der Waals surface area (Å²) < 4.78 is 1.89. The quantitative estimate of drug-likeness (QED) is 0.328. The first-order valence-electron chi connectivity index (χ1n) is 8.66. The molecular weight excluding hydrogens is 427 g/mol. The van der Waals surface area contributed by atoms with E-state index in [0.29, 0.717) is 33.8 Å². The Hall–Kier alpha value is -2.79. The molecule has 4 aromatic rings. The van der Waals surface area contributed by atoms with Gasteiger partial charge in [-0.05, 0) is 30.3 Å². The van der Waals surface area contributed by atoms with E-state index in [1.807, 2.05) is 28.8 Å². The van der Waals surface area contributed by atoms with E-state index in [4.69, 9.17) is 33.4 Å². The zero-order valence-corrected chi connectivity index (χ0v) is 17.3. The molecule has 0 saturated heterocycles. The molecule has 0 aliphatic heterocycles. The van der Waals surface area contributed by atoms with E-state index in [1.165, 1.54) is 0 Å². The Balaban J connectivity index is 1.50. The molecule has 1 aromatic carbocycles. The number of thioether (sulfide) groups is 1. The first kappa shape index (κ1) is 19.5. The largest absolute Gasteiger partial charge is 0.354 e. The van der Waals surface area contributed by atoms with Gasteiger partial charge in [0.05, 0.1) is 21.3 Å². The van der Waals surface area contributed by atoms with Crippen molar-refractivity contribution in [3.05, 3.63) is 70.6 Å². The summed E-state index contributed by atoms with van der Waals surface area (Å²) in [5, 5.41) is 14.2. The molecule has 0 amide bonds. The fourth-order valence-corrected chi connectivity index (χ4v) is 3.94. The van der Waals surface area contributed by atoms with Gasteiger partial charge in [-0.2, -0.15) is 5.26 Å². The number of halogens is 2. The minimum atomic E-state index is 0.536. The van der Waals surface area contributed by atoms with Crippen molar-refractivity contribution in [1.29, 1.82) is 5.26 Å². The van der Waals surface area contributed by atoms with Crippen molar-refractivity contribution in [3.63, 3.8) is 0 Å². The highest BCUT2D eigenvalue weighted by Crippen LogP contribution is 2.30. The van der Waals surface area contributed by atoms with E-state index in [-0.39, 0.29) is 0 Å². The molecule has 144 valence electrons. The summed E-state index contributed by atoms with van der Waals surface area (Å²) in [5.41, 5.74) is 2.83. The highest BCUT2D eigenvalue weighted by molar-refractivity contribution is 7.99. The number of hydrogen-bond acceptors (Lipinski definition) is 6. The highest BCUT2D eigenvalue weighted by Gasteiger charge is 2.11. The fourth-order valence-electron chi connectivity index (χ4n) is 2.73. The number of nitriles is 1. The number of rotatable bonds is 6. The Morgan fingerprint density at radius 2 is 2.03 bits per heavy atom. The molecule has 0 aliphatic rings. The number of pyridine rings is 1. The highest BCUT2D eigenvalue weighted by atomic mass is 35.5. The Kier molecular flexibility index (Phi) is 5.86. The van der Waals surface area contributed by atoms with Crippen LogP contribution in [0.2, 0.25) is 10.0 Å². The normalized spacial score (nSPS) is 10.8. The number of aromatic nitrogens is 4. The van der Waals surface area contributed by atoms with E-state index >= 15 is 0 Å². The maximum absolute atomic E-state index is 8.84. The van der Waals surface area contributed by atoms with Gasteiger partial charge in [0.15, 0.2) is 0 Å². The third kappa shape index (κ3) is 4.46. The van der Waals surface area contributed by atoms with Gasteiger partial charge in [0.1, 0.15) is 11.7 Å². The van der Waals surface area contributed by atoms with E-state index in [0.717, 1.165) is 22.0 Å². The maximum Gasteiger partial charge on any atom is 0.209 e. The van der Waals surface area contributed by atoms with Gasteiger partial charge in [-0.3, -0.25) is 4.40 Å². The summed E-state index contributed by atoms with van der Waals surface area (Å²) in [6.45, 7) is 0.671. The molecule has 3 heterocycles. The number of hydrogen-bond donors (Lipinski definition) is 1. The third-order valence-electron chi connectivity index (χ3n) is 4.10. The van der Waals surface area contributed by atoms with Crippen molar-refractivity contribution in [2.24, 2.45) is 0 Å². The van der Waals surface area contributed by atoms with Gasteiger partial charge in [0, 0.05) is 47.5 Å². The molecule has 9 heteroatoms. The lowest BCUT2D eigenvalue weighted by atomic mass is 10.1. The van der Waals surface area contributed by atoms with Crippen LogP contribution in [0.15, 0.2) is 60.0 Å². The van der Waals surface area contributed by atoms with Crippen LogP contribution >= 0.6 is 35.0 Å². The number of nitrogens with one attached hydrogen (secondary N) is 1. The Bertz CT molecular complexity index is 1200. The predicted molar refractivity (Wildman–Crippen MR) is 117 cm³/mol. The van der Waals surface area contributed by atoms with Gasteiger partial charge in [0.2, 0.25) is 5.95 Å². The van der Waals surface area contributed by atoms with Gasteiger partial charge >= 0.3 is 0 Å². The summed E-state index contributed by atoms with van der Waals surface area (Å²) in [5.74, 6) is 1.46. The molecule has 3 aromatic heterocycles. The summed E-state index contributed by atoms with van der Waals surface area (Å²) >= 11 is 14.0. The smallest absolute Gasteiger partial charge is 0.209 e. The molecule has 29 heavy (non-hydrogen) atoms. The van der Waals surface area contributed by atoms with Crippen molar-refractivity contribution < 1.29 is 0 Å². The number of benzene rings is 1. The molecular formula is C20H14Cl2N6S. The molecule has 6 nitrogen and oxygen atoms in total. The fraction of sp³-hybridized carbons (Fsp3) is 0.100. The van der Waals surface area contributed by atoms with Gasteiger partial charge in [0.25, 0.3) is 0 Å². The average molecular weight is 441 g/mol. The van der Waals surface area contributed by atoms with Gasteiger partial charge in [-0.1, -0.05) is 23.2 Å². The standard InChI is InChI=1S/C20H14Cl2N6S/c21-14-2-3-15(16(22)9-14)17-10-18-24-5-7-28(18)20(27-17)25-6-8-29-19-4-1-13(11-23)12-26-19/h1-5,7,9-10,12H,6,8H2,(H,25,27). The topological polar surface area (TPSA) is 78.9 Å². The average Bonchev–Trinajstić information content (AvgIpc) is 3.20. The van der Waals surface area contributed by atoms with Crippen molar-refractivity contribution in [2.75, 3.05) is 17.6 Å². The van der Waals surface area contributed by atoms with E-state index in [1.54, 1.807) is 42.4 Å². The predicted octanol–water partition coefficient (Wildman–Crippen LogP) is 5.17. The minimum absolute atomic E-state index is 0.536. The van der Waals surface area contributed by atoms with Crippen molar-refractivity contribution in [2.45, 2.75) is 5.03 Å². The monoisotopic (exact) mass is 440 g/mol. The zero-order valence-electron chi connectivity index (χ0n) is 15.0. The molecule has 0 atom stereocenters. The SMILES string of the molecule is N#Cc1ccc(SCCNc2nc(-c3ccc(Cl)cc3Cl)cc3nccn23)nc1. The lowest BCUT2D eigenvalue weighted by Gasteiger charge is -2.11. The van der Waals surface area contributed by atoms with Crippen LogP contribution in [0.4, 0.5) is 5.95 Å². The molecule has 0 aliphatic carbocycles. The number of anilines is 1. The first-order chi connectivity index (χ1) is 14.1. The van der Waals surface area contributed by atoms with Crippen LogP contribution in [0.5, 0.6) is 0 Å². The summed E-state index contributed by atoms with van der Waals surface area (Å²) in [6.07, 6.45) is 5.16. The van der Waals surface area contributed by atoms with Gasteiger partial charge in [-0.25, -0.2) is 15.0 Å². The summed E-state index contributed by atoms with van der Waals surface area (Å²) in [7, 11) is 0. The molecule has 0 bridgehead atoms. The minimum Gasteiger partial charge on any atom is -0.354 e. The lowest BCUT2D eigenvalue weighted by Crippen LogP contribution is -2.10. The third-order valence-corrected chi connectivity index (χ3v) is 5.59. The Labute approximate surface area is 181 Å². The molecule has 1 N–H and O–H groups in total. The maximum atomic E-state index is 8.84. The van der Waals surface area contributed by atoms with Crippen molar-refractivity contribution in [1.82, 2.24) is 19.4 Å². The molecule has 0 saturated carbocycles. The zero-order chi connectivity index (χ0) is 20.2. The van der Waals surface area contributed by atoms with Crippen molar-refractivity contribution in [3.8, 4) is 17.3 Å². The van der Waals surface area contributed by atoms with E-state index < -0.39 is 0 Å². The number of nitrogens with zero attached hydrogens (tertiary/aromatic N) is 5. The van der Waals surface area contributed by atoms with Gasteiger partial charge < -0.3 is 5.32 Å². The second-order valence-electron chi connectivity index (χ2n) is 6.02. The molecule has 4 rings (SSSR count).